The lowest BCUT2D eigenvalue weighted by Gasteiger charge is -2.20. The molecule has 0 aliphatic heterocycles. The Labute approximate surface area is 208 Å². The van der Waals surface area contributed by atoms with E-state index < -0.39 is 18.0 Å². The van der Waals surface area contributed by atoms with Crippen molar-refractivity contribution in [2.45, 2.75) is 13.0 Å². The van der Waals surface area contributed by atoms with Gasteiger partial charge in [0.05, 0.1) is 24.9 Å². The summed E-state index contributed by atoms with van der Waals surface area (Å²) in [7, 11) is 4.39. The maximum absolute atomic E-state index is 12.1. The van der Waals surface area contributed by atoms with Crippen molar-refractivity contribution >= 4 is 54.2 Å². The van der Waals surface area contributed by atoms with Gasteiger partial charge in [0.1, 0.15) is 0 Å². The Hall–Kier alpha value is -4.12. The lowest BCUT2D eigenvalue weighted by molar-refractivity contribution is -0.140. The molecular formula is C23H28ClN5O6. The monoisotopic (exact) mass is 505 g/mol. The van der Waals surface area contributed by atoms with Crippen molar-refractivity contribution in [1.82, 2.24) is 15.5 Å². The van der Waals surface area contributed by atoms with Crippen molar-refractivity contribution in [3.05, 3.63) is 53.1 Å². The molecule has 0 aliphatic rings. The third kappa shape index (κ3) is 10.1. The Kier molecular flexibility index (Phi) is 12.9. The predicted octanol–water partition coefficient (Wildman–Crippen LogP) is 3.35. The van der Waals surface area contributed by atoms with E-state index in [4.69, 9.17) is 16.3 Å². The minimum absolute atomic E-state index is 0.0706. The maximum atomic E-state index is 12.1. The van der Waals surface area contributed by atoms with Crippen molar-refractivity contribution in [2.24, 2.45) is 4.99 Å². The zero-order valence-corrected chi connectivity index (χ0v) is 20.4. The van der Waals surface area contributed by atoms with Gasteiger partial charge in [-0.15, -0.1) is 0 Å². The Morgan fingerprint density at radius 2 is 1.80 bits per heavy atom. The van der Waals surface area contributed by atoms with Gasteiger partial charge in [-0.1, -0.05) is 23.7 Å². The lowest BCUT2D eigenvalue weighted by atomic mass is 10.2. The highest BCUT2D eigenvalue weighted by atomic mass is 35.5. The average Bonchev–Trinajstić information content (AvgIpc) is 2.88. The zero-order chi connectivity index (χ0) is 26.2. The zero-order valence-electron chi connectivity index (χ0n) is 19.7. The molecule has 11 nitrogen and oxygen atoms in total. The van der Waals surface area contributed by atoms with Crippen LogP contribution in [0.1, 0.15) is 12.0 Å². The number of rotatable bonds is 9. The summed E-state index contributed by atoms with van der Waals surface area (Å²) in [5.74, 6) is -0.0539. The summed E-state index contributed by atoms with van der Waals surface area (Å²) in [6, 6.07) is 10.9. The van der Waals surface area contributed by atoms with Gasteiger partial charge in [-0.3, -0.25) is 14.6 Å². The number of urea groups is 2. The number of nitrogens with one attached hydrogen (secondary N) is 3. The molecule has 0 unspecified atom stereocenters. The van der Waals surface area contributed by atoms with Crippen molar-refractivity contribution in [2.75, 3.05) is 33.1 Å². The largest absolute Gasteiger partial charge is 0.469 e. The van der Waals surface area contributed by atoms with Crippen LogP contribution in [-0.2, 0) is 20.9 Å². The number of benzene rings is 2. The molecular weight excluding hydrogens is 478 g/mol. The van der Waals surface area contributed by atoms with Gasteiger partial charge in [0, 0.05) is 38.3 Å². The molecule has 0 saturated carbocycles. The fourth-order valence-electron chi connectivity index (χ4n) is 2.58. The van der Waals surface area contributed by atoms with Gasteiger partial charge in [-0.25, -0.2) is 14.5 Å². The van der Waals surface area contributed by atoms with E-state index in [0.29, 0.717) is 22.9 Å². The third-order valence-electron chi connectivity index (χ3n) is 4.42. The van der Waals surface area contributed by atoms with Gasteiger partial charge < -0.3 is 25.4 Å². The van der Waals surface area contributed by atoms with Crippen LogP contribution in [0.3, 0.4) is 0 Å². The van der Waals surface area contributed by atoms with Gasteiger partial charge in [0.2, 0.25) is 0 Å². The van der Waals surface area contributed by atoms with Crippen LogP contribution in [0, 0.1) is 0 Å². The molecule has 12 heteroatoms. The smallest absolute Gasteiger partial charge is 0.325 e. The van der Waals surface area contributed by atoms with E-state index in [9.17, 15) is 19.2 Å². The van der Waals surface area contributed by atoms with Crippen LogP contribution in [0.2, 0.25) is 5.02 Å². The minimum atomic E-state index is -0.600. The molecule has 0 aliphatic carbocycles. The quantitative estimate of drug-likeness (QED) is 0.270. The summed E-state index contributed by atoms with van der Waals surface area (Å²) < 4.78 is 9.23. The topological polar surface area (TPSA) is 138 Å². The molecule has 0 fully saturated rings. The number of esters is 1. The van der Waals surface area contributed by atoms with Crippen molar-refractivity contribution in [1.29, 1.82) is 0 Å². The standard InChI is InChI=1S/C14H18ClN3O4.C9H10N2O2/c1-16-13(20)18(8-7-12(19)22-2)14(21)17-9-10-3-5-11(15)6-4-10;1-10-7-3-4-8(11-2)9(5-7)13-6-12/h3-6H,7-9H2,1-2H3,(H,16,20)(H,17,21);3-6,11H,1H2,2H3. The average molecular weight is 506 g/mol. The summed E-state index contributed by atoms with van der Waals surface area (Å²) in [4.78, 5) is 49.7. The van der Waals surface area contributed by atoms with Crippen molar-refractivity contribution in [3.63, 3.8) is 0 Å². The molecule has 0 radical (unpaired) electrons. The molecule has 0 saturated heterocycles. The van der Waals surface area contributed by atoms with Gasteiger partial charge in [0.15, 0.2) is 5.75 Å². The van der Waals surface area contributed by atoms with Crippen LogP contribution in [0.15, 0.2) is 47.5 Å². The highest BCUT2D eigenvalue weighted by molar-refractivity contribution is 6.30. The first-order valence-electron chi connectivity index (χ1n) is 10.3. The third-order valence-corrected chi connectivity index (χ3v) is 4.67. The van der Waals surface area contributed by atoms with Gasteiger partial charge in [-0.2, -0.15) is 0 Å². The van der Waals surface area contributed by atoms with E-state index in [1.165, 1.54) is 14.2 Å². The van der Waals surface area contributed by atoms with E-state index >= 15 is 0 Å². The number of hydrogen-bond acceptors (Lipinski definition) is 8. The number of hydrogen-bond donors (Lipinski definition) is 3. The number of methoxy groups -OCH3 is 1. The fourth-order valence-corrected chi connectivity index (χ4v) is 2.70. The Bertz CT molecular complexity index is 1020. The highest BCUT2D eigenvalue weighted by Crippen LogP contribution is 2.28. The molecule has 0 bridgehead atoms. The maximum Gasteiger partial charge on any atom is 0.325 e. The summed E-state index contributed by atoms with van der Waals surface area (Å²) in [6.45, 7) is 3.92. The number of amides is 4. The van der Waals surface area contributed by atoms with Crippen LogP contribution in [0.4, 0.5) is 21.0 Å². The first-order valence-corrected chi connectivity index (χ1v) is 10.6. The predicted molar refractivity (Wildman–Crippen MR) is 133 cm³/mol. The molecule has 0 spiro atoms. The molecule has 35 heavy (non-hydrogen) atoms. The molecule has 3 N–H and O–H groups in total. The summed E-state index contributed by atoms with van der Waals surface area (Å²) in [5, 5.41) is 8.44. The first-order chi connectivity index (χ1) is 16.8. The van der Waals surface area contributed by atoms with E-state index in [1.54, 1.807) is 49.5 Å². The lowest BCUT2D eigenvalue weighted by Crippen LogP contribution is -2.48. The number of imide groups is 1. The normalized spacial score (nSPS) is 9.49. The number of nitrogens with zero attached hydrogens (tertiary/aromatic N) is 2. The second kappa shape index (κ2) is 15.7. The molecule has 0 atom stereocenters. The summed E-state index contributed by atoms with van der Waals surface area (Å²) in [6.07, 6.45) is -0.0711. The van der Waals surface area contributed by atoms with Crippen LogP contribution >= 0.6 is 11.6 Å². The van der Waals surface area contributed by atoms with Crippen molar-refractivity contribution < 1.29 is 28.7 Å². The number of carbonyl (C=O) groups excluding carboxylic acids is 4. The molecule has 188 valence electrons. The molecule has 4 amide bonds. The summed E-state index contributed by atoms with van der Waals surface area (Å²) in [5.41, 5.74) is 2.23. The van der Waals surface area contributed by atoms with E-state index in [0.717, 1.165) is 16.2 Å². The van der Waals surface area contributed by atoms with Gasteiger partial charge in [-0.05, 0) is 36.5 Å². The minimum Gasteiger partial charge on any atom is -0.469 e. The molecule has 0 heterocycles. The first kappa shape index (κ1) is 28.9. The van der Waals surface area contributed by atoms with E-state index in [2.05, 4.69) is 32.4 Å². The molecule has 0 aromatic heterocycles. The second-order valence-electron chi connectivity index (χ2n) is 6.62. The van der Waals surface area contributed by atoms with Crippen LogP contribution in [0.25, 0.3) is 0 Å². The number of halogens is 1. The van der Waals surface area contributed by atoms with Crippen LogP contribution in [-0.4, -0.2) is 63.9 Å². The molecule has 2 aromatic rings. The Morgan fingerprint density at radius 1 is 1.11 bits per heavy atom. The van der Waals surface area contributed by atoms with Crippen molar-refractivity contribution in [3.8, 4) is 5.75 Å². The Balaban J connectivity index is 0.000000400. The highest BCUT2D eigenvalue weighted by Gasteiger charge is 2.21. The van der Waals surface area contributed by atoms with E-state index in [-0.39, 0.29) is 19.5 Å². The number of ether oxygens (including phenoxy) is 2. The number of aliphatic imine (C=N–C) groups is 1. The molecule has 2 rings (SSSR count). The second-order valence-corrected chi connectivity index (χ2v) is 7.06. The number of carbonyl (C=O) groups is 4. The fraction of sp³-hybridized carbons (Fsp3) is 0.261. The molecule has 2 aromatic carbocycles. The summed E-state index contributed by atoms with van der Waals surface area (Å²) >= 11 is 5.78. The van der Waals surface area contributed by atoms with Gasteiger partial charge in [0.25, 0.3) is 6.47 Å². The van der Waals surface area contributed by atoms with Gasteiger partial charge >= 0.3 is 18.0 Å². The van der Waals surface area contributed by atoms with Crippen LogP contribution in [0.5, 0.6) is 5.75 Å². The van der Waals surface area contributed by atoms with E-state index in [1.807, 2.05) is 0 Å². The van der Waals surface area contributed by atoms with Crippen LogP contribution < -0.4 is 20.7 Å². The Morgan fingerprint density at radius 3 is 2.34 bits per heavy atom. The SMILES string of the molecule is C=Nc1ccc(NC)c(OC=O)c1.CNC(=O)N(CCC(=O)OC)C(=O)NCc1ccc(Cl)cc1. The number of anilines is 1.